The second-order valence-corrected chi connectivity index (χ2v) is 5.85. The Bertz CT molecular complexity index is 478. The monoisotopic (exact) mass is 341 g/mol. The number of phenolic OH excluding ortho intramolecular Hbond substituents is 1. The van der Waals surface area contributed by atoms with Crippen LogP contribution in [0, 0.1) is 11.8 Å². The van der Waals surface area contributed by atoms with Crippen molar-refractivity contribution in [2.45, 2.75) is 19.3 Å². The summed E-state index contributed by atoms with van der Waals surface area (Å²) in [6.45, 7) is 0.667. The highest BCUT2D eigenvalue weighted by Crippen LogP contribution is 2.32. The number of amides is 1. The maximum Gasteiger partial charge on any atom is 0.255 e. The second-order valence-electron chi connectivity index (χ2n) is 5.20. The number of benzene rings is 1. The molecule has 0 aliphatic heterocycles. The summed E-state index contributed by atoms with van der Waals surface area (Å²) in [5.41, 5.74) is 0.291. The van der Waals surface area contributed by atoms with Crippen LogP contribution in [0.1, 0.15) is 29.6 Å². The predicted molar refractivity (Wildman–Crippen MR) is 81.6 cm³/mol. The zero-order valence-corrected chi connectivity index (χ0v) is 13.1. The summed E-state index contributed by atoms with van der Waals surface area (Å²) in [5.74, 6) is 1.42. The molecule has 2 rings (SSSR count). The largest absolute Gasteiger partial charge is 0.507 e. The van der Waals surface area contributed by atoms with Crippen molar-refractivity contribution in [1.82, 2.24) is 5.32 Å². The van der Waals surface area contributed by atoms with E-state index in [1.165, 1.54) is 26.0 Å². The molecule has 0 saturated heterocycles. The van der Waals surface area contributed by atoms with Gasteiger partial charge in [0.2, 0.25) is 0 Å². The average Bonchev–Trinajstić information content (AvgIpc) is 2.92. The molecule has 2 unspecified atom stereocenters. The number of hydrogen-bond donors (Lipinski definition) is 2. The van der Waals surface area contributed by atoms with Gasteiger partial charge in [0.05, 0.1) is 12.7 Å². The minimum atomic E-state index is -0.231. The lowest BCUT2D eigenvalue weighted by Crippen LogP contribution is -2.31. The lowest BCUT2D eigenvalue weighted by atomic mass is 9.98. The van der Waals surface area contributed by atoms with Gasteiger partial charge >= 0.3 is 0 Å². The summed E-state index contributed by atoms with van der Waals surface area (Å²) in [7, 11) is 1.52. The van der Waals surface area contributed by atoms with Gasteiger partial charge in [0.1, 0.15) is 11.5 Å². The molecule has 2 N–H and O–H groups in total. The molecule has 0 radical (unpaired) electrons. The van der Waals surface area contributed by atoms with Crippen LogP contribution in [0.5, 0.6) is 11.5 Å². The van der Waals surface area contributed by atoms with Gasteiger partial charge in [-0.1, -0.05) is 22.4 Å². The van der Waals surface area contributed by atoms with Crippen LogP contribution in [0.3, 0.4) is 0 Å². The molecule has 1 fully saturated rings. The second kappa shape index (κ2) is 6.97. The lowest BCUT2D eigenvalue weighted by Gasteiger charge is -2.18. The first-order chi connectivity index (χ1) is 9.65. The van der Waals surface area contributed by atoms with Crippen LogP contribution in [0.4, 0.5) is 0 Å². The summed E-state index contributed by atoms with van der Waals surface area (Å²) in [4.78, 5) is 12.1. The Kier molecular flexibility index (Phi) is 5.29. The molecule has 0 spiro atoms. The van der Waals surface area contributed by atoms with E-state index >= 15 is 0 Å². The number of alkyl halides is 1. The molecule has 1 aromatic rings. The number of nitrogens with one attached hydrogen (secondary N) is 1. The molecule has 20 heavy (non-hydrogen) atoms. The van der Waals surface area contributed by atoms with E-state index in [0.717, 1.165) is 11.8 Å². The highest BCUT2D eigenvalue weighted by molar-refractivity contribution is 9.09. The highest BCUT2D eigenvalue weighted by atomic mass is 79.9. The van der Waals surface area contributed by atoms with Crippen LogP contribution in [-0.2, 0) is 0 Å². The average molecular weight is 342 g/mol. The number of phenols is 1. The third-order valence-electron chi connectivity index (χ3n) is 3.99. The molecular weight excluding hydrogens is 322 g/mol. The summed E-state index contributed by atoms with van der Waals surface area (Å²) in [6.07, 6.45) is 3.61. The van der Waals surface area contributed by atoms with Crippen molar-refractivity contribution >= 4 is 21.8 Å². The molecule has 1 aliphatic rings. The Balaban J connectivity index is 1.95. The van der Waals surface area contributed by atoms with E-state index < -0.39 is 0 Å². The van der Waals surface area contributed by atoms with Gasteiger partial charge in [0.25, 0.3) is 5.91 Å². The Morgan fingerprint density at radius 3 is 2.85 bits per heavy atom. The summed E-state index contributed by atoms with van der Waals surface area (Å²) < 4.78 is 5.00. The minimum Gasteiger partial charge on any atom is -0.507 e. The van der Waals surface area contributed by atoms with Crippen molar-refractivity contribution in [3.8, 4) is 11.5 Å². The van der Waals surface area contributed by atoms with Gasteiger partial charge in [-0.05, 0) is 36.8 Å². The third kappa shape index (κ3) is 3.45. The first-order valence-electron chi connectivity index (χ1n) is 6.87. The maximum absolute atomic E-state index is 12.1. The predicted octanol–water partition coefficient (Wildman–Crippen LogP) is 2.94. The molecule has 5 heteroatoms. The Morgan fingerprint density at radius 1 is 1.45 bits per heavy atom. The van der Waals surface area contributed by atoms with Gasteiger partial charge in [-0.15, -0.1) is 0 Å². The van der Waals surface area contributed by atoms with Gasteiger partial charge in [-0.25, -0.2) is 0 Å². The molecule has 4 nitrogen and oxygen atoms in total. The number of carbonyl (C=O) groups excluding carboxylic acids is 1. The van der Waals surface area contributed by atoms with Crippen molar-refractivity contribution in [1.29, 1.82) is 0 Å². The Labute approximate surface area is 127 Å². The first kappa shape index (κ1) is 15.2. The SMILES string of the molecule is COc1ccc(C(=O)NCC2CCCC2CBr)c(O)c1. The maximum atomic E-state index is 12.1. The number of aromatic hydroxyl groups is 1. The Hall–Kier alpha value is -1.23. The number of hydrogen-bond acceptors (Lipinski definition) is 3. The third-order valence-corrected chi connectivity index (χ3v) is 4.82. The summed E-state index contributed by atoms with van der Waals surface area (Å²) >= 11 is 3.53. The van der Waals surface area contributed by atoms with Gasteiger partial charge < -0.3 is 15.2 Å². The summed E-state index contributed by atoms with van der Waals surface area (Å²) in [6, 6.07) is 4.71. The van der Waals surface area contributed by atoms with Crippen LogP contribution in [-0.4, -0.2) is 30.0 Å². The molecule has 2 atom stereocenters. The Morgan fingerprint density at radius 2 is 2.20 bits per heavy atom. The van der Waals surface area contributed by atoms with E-state index in [4.69, 9.17) is 4.74 Å². The molecule has 1 aromatic carbocycles. The van der Waals surface area contributed by atoms with Crippen molar-refractivity contribution in [3.63, 3.8) is 0 Å². The normalized spacial score (nSPS) is 21.7. The van der Waals surface area contributed by atoms with Crippen molar-refractivity contribution < 1.29 is 14.6 Å². The van der Waals surface area contributed by atoms with Gasteiger partial charge in [0, 0.05) is 17.9 Å². The smallest absolute Gasteiger partial charge is 0.255 e. The van der Waals surface area contributed by atoms with E-state index in [1.54, 1.807) is 12.1 Å². The van der Waals surface area contributed by atoms with Crippen molar-refractivity contribution in [3.05, 3.63) is 23.8 Å². The van der Waals surface area contributed by atoms with Gasteiger partial charge in [0.15, 0.2) is 0 Å². The van der Waals surface area contributed by atoms with Crippen LogP contribution >= 0.6 is 15.9 Å². The van der Waals surface area contributed by atoms with Crippen LogP contribution in [0.25, 0.3) is 0 Å². The molecule has 0 bridgehead atoms. The fourth-order valence-corrected chi connectivity index (χ4v) is 3.59. The molecule has 1 saturated carbocycles. The topological polar surface area (TPSA) is 58.6 Å². The number of methoxy groups -OCH3 is 1. The fourth-order valence-electron chi connectivity index (χ4n) is 2.73. The quantitative estimate of drug-likeness (QED) is 0.809. The molecular formula is C15H20BrNO3. The van der Waals surface area contributed by atoms with Crippen LogP contribution in [0.15, 0.2) is 18.2 Å². The molecule has 0 heterocycles. The van der Waals surface area contributed by atoms with Crippen LogP contribution < -0.4 is 10.1 Å². The standard InChI is InChI=1S/C15H20BrNO3/c1-20-12-5-6-13(14(18)7-12)15(19)17-9-11-4-2-3-10(11)8-16/h5-7,10-11,18H,2-4,8-9H2,1H3,(H,17,19). The molecule has 1 amide bonds. The first-order valence-corrected chi connectivity index (χ1v) is 7.99. The lowest BCUT2D eigenvalue weighted by molar-refractivity contribution is 0.0942. The fraction of sp³-hybridized carbons (Fsp3) is 0.533. The highest BCUT2D eigenvalue weighted by Gasteiger charge is 2.26. The minimum absolute atomic E-state index is 0.0506. The number of ether oxygens (including phenoxy) is 1. The van der Waals surface area contributed by atoms with E-state index in [1.807, 2.05) is 0 Å². The number of carbonyl (C=O) groups is 1. The summed E-state index contributed by atoms with van der Waals surface area (Å²) in [5, 5.41) is 13.7. The molecule has 1 aliphatic carbocycles. The van der Waals surface area contributed by atoms with Gasteiger partial charge in [-0.2, -0.15) is 0 Å². The van der Waals surface area contributed by atoms with Crippen molar-refractivity contribution in [2.75, 3.05) is 19.0 Å². The van der Waals surface area contributed by atoms with Crippen LogP contribution in [0.2, 0.25) is 0 Å². The van der Waals surface area contributed by atoms with E-state index in [9.17, 15) is 9.90 Å². The van der Waals surface area contributed by atoms with E-state index in [2.05, 4.69) is 21.2 Å². The molecule has 0 aromatic heterocycles. The molecule has 110 valence electrons. The van der Waals surface area contributed by atoms with Crippen molar-refractivity contribution in [2.24, 2.45) is 11.8 Å². The zero-order chi connectivity index (χ0) is 14.5. The van der Waals surface area contributed by atoms with E-state index in [0.29, 0.717) is 29.7 Å². The number of rotatable bonds is 5. The van der Waals surface area contributed by atoms with Gasteiger partial charge in [-0.3, -0.25) is 4.79 Å². The number of halogens is 1. The zero-order valence-electron chi connectivity index (χ0n) is 11.6. The van der Waals surface area contributed by atoms with E-state index in [-0.39, 0.29) is 11.7 Å².